The quantitative estimate of drug-likeness (QED) is 0.184. The Hall–Kier alpha value is -6.50. The number of aromatic nitrogens is 4. The zero-order valence-corrected chi connectivity index (χ0v) is 27.4. The normalized spacial score (nSPS) is 11.6. The van der Waals surface area contributed by atoms with Crippen LogP contribution in [-0.4, -0.2) is 19.9 Å². The first-order valence-corrected chi connectivity index (χ1v) is 17.3. The standard InChI is InChI=1S/C44H26N4OS/c1-4-13-27(14-5-1)41-46-42(28-15-6-2-7-16-28)48-43(47-41)33-21-12-19-30-25-31(23-24-32(30)33)38-39-34-20-10-11-22-35(34)49-36(39)26-37-40(38)45-44(50-37)29-17-8-3-9-18-29/h1-26H. The second-order valence-corrected chi connectivity index (χ2v) is 13.3. The monoisotopic (exact) mass is 658 g/mol. The number of nitrogens with zero attached hydrogens (tertiary/aromatic N) is 4. The number of thiazole rings is 1. The Kier molecular flexibility index (Phi) is 6.60. The molecule has 0 radical (unpaired) electrons. The van der Waals surface area contributed by atoms with Crippen molar-refractivity contribution in [1.82, 2.24) is 19.9 Å². The second-order valence-electron chi connectivity index (χ2n) is 12.2. The van der Waals surface area contributed by atoms with E-state index in [4.69, 9.17) is 24.4 Å². The van der Waals surface area contributed by atoms with Gasteiger partial charge in [0.05, 0.1) is 10.2 Å². The first-order valence-electron chi connectivity index (χ1n) is 16.5. The van der Waals surface area contributed by atoms with Crippen molar-refractivity contribution in [2.24, 2.45) is 0 Å². The average molecular weight is 659 g/mol. The van der Waals surface area contributed by atoms with Crippen molar-refractivity contribution in [3.05, 3.63) is 158 Å². The van der Waals surface area contributed by atoms with E-state index in [1.165, 1.54) is 0 Å². The van der Waals surface area contributed by atoms with Crippen molar-refractivity contribution >= 4 is 54.3 Å². The molecule has 10 rings (SSSR count). The van der Waals surface area contributed by atoms with Gasteiger partial charge in [0.2, 0.25) is 0 Å². The molecule has 0 amide bonds. The summed E-state index contributed by atoms with van der Waals surface area (Å²) in [5, 5.41) is 5.28. The maximum absolute atomic E-state index is 6.45. The van der Waals surface area contributed by atoms with Crippen LogP contribution in [0.5, 0.6) is 0 Å². The number of hydrogen-bond acceptors (Lipinski definition) is 6. The van der Waals surface area contributed by atoms with Crippen LogP contribution < -0.4 is 0 Å². The lowest BCUT2D eigenvalue weighted by molar-refractivity contribution is 0.669. The molecule has 0 aliphatic carbocycles. The average Bonchev–Trinajstić information content (AvgIpc) is 3.79. The summed E-state index contributed by atoms with van der Waals surface area (Å²) in [6, 6.07) is 53.9. The van der Waals surface area contributed by atoms with Crippen molar-refractivity contribution in [3.8, 4) is 55.9 Å². The molecule has 0 fully saturated rings. The Morgan fingerprint density at radius 2 is 1.08 bits per heavy atom. The van der Waals surface area contributed by atoms with Gasteiger partial charge in [-0.15, -0.1) is 11.3 Å². The fourth-order valence-corrected chi connectivity index (χ4v) is 7.83. The predicted octanol–water partition coefficient (Wildman–Crippen LogP) is 11.9. The maximum Gasteiger partial charge on any atom is 0.164 e. The van der Waals surface area contributed by atoms with Crippen LogP contribution in [0.25, 0.3) is 98.8 Å². The summed E-state index contributed by atoms with van der Waals surface area (Å²) in [5.74, 6) is 1.91. The highest BCUT2D eigenvalue weighted by Gasteiger charge is 2.21. The van der Waals surface area contributed by atoms with E-state index in [1.807, 2.05) is 78.9 Å². The topological polar surface area (TPSA) is 64.7 Å². The first-order chi connectivity index (χ1) is 24.8. The van der Waals surface area contributed by atoms with Crippen LogP contribution in [0, 0.1) is 0 Å². The SMILES string of the molecule is c1ccc(-c2nc(-c3ccccc3)nc(-c3cccc4cc(-c5c6nc(-c7ccccc7)sc6cc6oc7ccccc7c56)ccc34)n2)cc1. The van der Waals surface area contributed by atoms with E-state index in [1.54, 1.807) is 11.3 Å². The van der Waals surface area contributed by atoms with Gasteiger partial charge in [-0.2, -0.15) is 0 Å². The van der Waals surface area contributed by atoms with Gasteiger partial charge in [0.1, 0.15) is 16.2 Å². The Balaban J connectivity index is 1.19. The van der Waals surface area contributed by atoms with Crippen LogP contribution in [0.3, 0.4) is 0 Å². The summed E-state index contributed by atoms with van der Waals surface area (Å²) in [4.78, 5) is 20.2. The molecule has 0 saturated carbocycles. The highest BCUT2D eigenvalue weighted by molar-refractivity contribution is 7.21. The van der Waals surface area contributed by atoms with Crippen molar-refractivity contribution in [2.75, 3.05) is 0 Å². The molecule has 7 aromatic carbocycles. The van der Waals surface area contributed by atoms with Crippen LogP contribution in [0.2, 0.25) is 0 Å². The molecule has 0 aliphatic rings. The molecule has 0 aliphatic heterocycles. The van der Waals surface area contributed by atoms with E-state index in [2.05, 4.69) is 78.9 Å². The minimum absolute atomic E-state index is 0.633. The van der Waals surface area contributed by atoms with Gasteiger partial charge in [0, 0.05) is 44.7 Å². The van der Waals surface area contributed by atoms with Gasteiger partial charge in [0.25, 0.3) is 0 Å². The van der Waals surface area contributed by atoms with Crippen LogP contribution in [0.4, 0.5) is 0 Å². The molecule has 0 atom stereocenters. The number of fused-ring (bicyclic) bond motifs is 5. The molecule has 0 unspecified atom stereocenters. The van der Waals surface area contributed by atoms with Gasteiger partial charge in [-0.05, 0) is 28.5 Å². The summed E-state index contributed by atoms with van der Waals surface area (Å²) in [7, 11) is 0. The van der Waals surface area contributed by atoms with Crippen LogP contribution in [0.1, 0.15) is 0 Å². The number of furan rings is 1. The van der Waals surface area contributed by atoms with E-state index in [-0.39, 0.29) is 0 Å². The fourth-order valence-electron chi connectivity index (χ4n) is 6.82. The van der Waals surface area contributed by atoms with Gasteiger partial charge in [-0.25, -0.2) is 19.9 Å². The summed E-state index contributed by atoms with van der Waals surface area (Å²) in [6.45, 7) is 0. The molecule has 0 saturated heterocycles. The Morgan fingerprint density at radius 3 is 1.80 bits per heavy atom. The number of hydrogen-bond donors (Lipinski definition) is 0. The largest absolute Gasteiger partial charge is 0.456 e. The lowest BCUT2D eigenvalue weighted by Gasteiger charge is -2.12. The van der Waals surface area contributed by atoms with Gasteiger partial charge in [0.15, 0.2) is 17.5 Å². The van der Waals surface area contributed by atoms with Crippen LogP contribution in [-0.2, 0) is 0 Å². The van der Waals surface area contributed by atoms with Crippen molar-refractivity contribution < 1.29 is 4.42 Å². The Morgan fingerprint density at radius 1 is 0.440 bits per heavy atom. The molecule has 0 bridgehead atoms. The predicted molar refractivity (Wildman–Crippen MR) is 205 cm³/mol. The summed E-state index contributed by atoms with van der Waals surface area (Å²) < 4.78 is 7.54. The lowest BCUT2D eigenvalue weighted by Crippen LogP contribution is -2.00. The van der Waals surface area contributed by atoms with Crippen molar-refractivity contribution in [2.45, 2.75) is 0 Å². The van der Waals surface area contributed by atoms with E-state index >= 15 is 0 Å². The van der Waals surface area contributed by atoms with Gasteiger partial charge >= 0.3 is 0 Å². The number of benzene rings is 7. The maximum atomic E-state index is 6.45. The molecule has 5 nitrogen and oxygen atoms in total. The van der Waals surface area contributed by atoms with E-state index in [0.29, 0.717) is 17.5 Å². The fraction of sp³-hybridized carbons (Fsp3) is 0. The molecule has 6 heteroatoms. The van der Waals surface area contributed by atoms with Crippen LogP contribution >= 0.6 is 11.3 Å². The molecule has 234 valence electrons. The molecule has 10 aromatic rings. The Labute approximate surface area is 291 Å². The number of rotatable bonds is 5. The number of para-hydroxylation sites is 1. The molecular formula is C44H26N4OS. The summed E-state index contributed by atoms with van der Waals surface area (Å²) in [6.07, 6.45) is 0. The van der Waals surface area contributed by atoms with Crippen molar-refractivity contribution in [3.63, 3.8) is 0 Å². The van der Waals surface area contributed by atoms with Crippen molar-refractivity contribution in [1.29, 1.82) is 0 Å². The summed E-state index contributed by atoms with van der Waals surface area (Å²) in [5.41, 5.74) is 8.79. The highest BCUT2D eigenvalue weighted by Crippen LogP contribution is 2.45. The minimum Gasteiger partial charge on any atom is -0.456 e. The second kappa shape index (κ2) is 11.6. The molecule has 50 heavy (non-hydrogen) atoms. The zero-order chi connectivity index (χ0) is 33.0. The smallest absolute Gasteiger partial charge is 0.164 e. The van der Waals surface area contributed by atoms with Gasteiger partial charge < -0.3 is 4.42 Å². The van der Waals surface area contributed by atoms with E-state index < -0.39 is 0 Å². The molecule has 3 aromatic heterocycles. The minimum atomic E-state index is 0.633. The third kappa shape index (κ3) is 4.77. The van der Waals surface area contributed by atoms with E-state index in [9.17, 15) is 0 Å². The molecule has 0 spiro atoms. The third-order valence-corrected chi connectivity index (χ3v) is 10.2. The Bertz CT molecular complexity index is 2810. The molecule has 3 heterocycles. The van der Waals surface area contributed by atoms with E-state index in [0.717, 1.165) is 81.3 Å². The zero-order valence-electron chi connectivity index (χ0n) is 26.6. The van der Waals surface area contributed by atoms with Crippen LogP contribution in [0.15, 0.2) is 162 Å². The highest BCUT2D eigenvalue weighted by atomic mass is 32.1. The molecular weight excluding hydrogens is 633 g/mol. The third-order valence-electron chi connectivity index (χ3n) is 9.16. The van der Waals surface area contributed by atoms with Gasteiger partial charge in [-0.1, -0.05) is 140 Å². The first kappa shape index (κ1) is 28.5. The molecule has 0 N–H and O–H groups in total. The summed E-state index contributed by atoms with van der Waals surface area (Å²) >= 11 is 1.69. The lowest BCUT2D eigenvalue weighted by atomic mass is 9.94. The van der Waals surface area contributed by atoms with Gasteiger partial charge in [-0.3, -0.25) is 0 Å².